The fourth-order valence-corrected chi connectivity index (χ4v) is 3.66. The molecule has 0 saturated carbocycles. The van der Waals surface area contributed by atoms with E-state index in [0.717, 1.165) is 11.3 Å². The third-order valence-corrected chi connectivity index (χ3v) is 5.20. The van der Waals surface area contributed by atoms with Crippen molar-refractivity contribution in [3.8, 4) is 28.5 Å². The molecule has 0 unspecified atom stereocenters. The van der Waals surface area contributed by atoms with Gasteiger partial charge in [0.05, 0.1) is 12.3 Å². The maximum Gasteiger partial charge on any atom is 0.277 e. The van der Waals surface area contributed by atoms with Crippen molar-refractivity contribution in [1.29, 1.82) is 0 Å². The van der Waals surface area contributed by atoms with Crippen LogP contribution in [0.25, 0.3) is 16.8 Å². The minimum Gasteiger partial charge on any atom is -0.494 e. The van der Waals surface area contributed by atoms with Crippen molar-refractivity contribution >= 4 is 17.1 Å². The van der Waals surface area contributed by atoms with Gasteiger partial charge in [-0.25, -0.2) is 4.52 Å². The highest BCUT2D eigenvalue weighted by atomic mass is 16.6. The van der Waals surface area contributed by atoms with E-state index < -0.39 is 0 Å². The molecule has 2 aromatic carbocycles. The number of hydrogen-bond acceptors (Lipinski definition) is 6. The first kappa shape index (κ1) is 20.6. The van der Waals surface area contributed by atoms with E-state index in [1.165, 1.54) is 9.08 Å². The van der Waals surface area contributed by atoms with Gasteiger partial charge in [0.1, 0.15) is 31.0 Å². The predicted molar refractivity (Wildman–Crippen MR) is 122 cm³/mol. The van der Waals surface area contributed by atoms with Crippen LogP contribution in [-0.4, -0.2) is 39.9 Å². The number of hydrogen-bond donors (Lipinski definition) is 1. The van der Waals surface area contributed by atoms with Gasteiger partial charge >= 0.3 is 0 Å². The molecule has 1 amide bonds. The fourth-order valence-electron chi connectivity index (χ4n) is 3.66. The maximum atomic E-state index is 13.0. The van der Waals surface area contributed by atoms with Gasteiger partial charge < -0.3 is 24.1 Å². The highest BCUT2D eigenvalue weighted by Crippen LogP contribution is 2.32. The smallest absolute Gasteiger partial charge is 0.277 e. The number of anilines is 1. The summed E-state index contributed by atoms with van der Waals surface area (Å²) in [5, 5.41) is 7.28. The van der Waals surface area contributed by atoms with Gasteiger partial charge in [-0.05, 0) is 49.4 Å². The number of nitrogens with one attached hydrogen (secondary N) is 1. The van der Waals surface area contributed by atoms with Crippen LogP contribution < -0.4 is 25.1 Å². The van der Waals surface area contributed by atoms with E-state index in [1.807, 2.05) is 31.2 Å². The van der Waals surface area contributed by atoms with E-state index in [0.29, 0.717) is 48.2 Å². The number of carbonyl (C=O) groups excluding carboxylic acids is 1. The zero-order valence-corrected chi connectivity index (χ0v) is 18.0. The summed E-state index contributed by atoms with van der Waals surface area (Å²) in [6.45, 7) is 3.35. The Kier molecular flexibility index (Phi) is 5.43. The van der Waals surface area contributed by atoms with Crippen LogP contribution in [0.4, 0.5) is 5.69 Å². The van der Waals surface area contributed by atoms with E-state index in [2.05, 4.69) is 10.4 Å². The van der Waals surface area contributed by atoms with Crippen LogP contribution in [0.3, 0.4) is 0 Å². The van der Waals surface area contributed by atoms with Crippen molar-refractivity contribution in [1.82, 2.24) is 14.2 Å². The average molecular weight is 446 g/mol. The molecule has 3 heterocycles. The first-order valence-corrected chi connectivity index (χ1v) is 10.6. The van der Waals surface area contributed by atoms with Crippen LogP contribution in [0.5, 0.6) is 17.2 Å². The largest absolute Gasteiger partial charge is 0.494 e. The first-order valence-electron chi connectivity index (χ1n) is 10.6. The van der Waals surface area contributed by atoms with Crippen LogP contribution in [0.15, 0.2) is 65.7 Å². The molecule has 0 radical (unpaired) electrons. The lowest BCUT2D eigenvalue weighted by Crippen LogP contribution is -2.28. The molecule has 1 aliphatic rings. The molecule has 0 bridgehead atoms. The number of fused-ring (bicyclic) bond motifs is 2. The summed E-state index contributed by atoms with van der Waals surface area (Å²) in [6.07, 6.45) is 3.21. The molecular weight excluding hydrogens is 424 g/mol. The lowest BCUT2D eigenvalue weighted by atomic mass is 10.1. The number of amides is 1. The molecule has 9 heteroatoms. The second-order valence-corrected chi connectivity index (χ2v) is 7.45. The molecule has 168 valence electrons. The number of ether oxygens (including phenoxy) is 3. The van der Waals surface area contributed by atoms with E-state index in [9.17, 15) is 9.59 Å². The average Bonchev–Trinajstić information content (AvgIpc) is 3.27. The summed E-state index contributed by atoms with van der Waals surface area (Å²) >= 11 is 0. The molecule has 2 aromatic heterocycles. The Hall–Kier alpha value is -4.27. The van der Waals surface area contributed by atoms with Gasteiger partial charge in [0.25, 0.3) is 5.56 Å². The molecule has 0 fully saturated rings. The summed E-state index contributed by atoms with van der Waals surface area (Å²) in [6, 6.07) is 14.4. The van der Waals surface area contributed by atoms with Crippen LogP contribution in [0.1, 0.15) is 6.92 Å². The third kappa shape index (κ3) is 4.25. The number of nitrogens with zero attached hydrogens (tertiary/aromatic N) is 3. The first-order chi connectivity index (χ1) is 16.1. The Morgan fingerprint density at radius 2 is 1.85 bits per heavy atom. The van der Waals surface area contributed by atoms with Gasteiger partial charge in [-0.15, -0.1) is 0 Å². The Morgan fingerprint density at radius 3 is 2.64 bits per heavy atom. The van der Waals surface area contributed by atoms with E-state index in [-0.39, 0.29) is 18.0 Å². The van der Waals surface area contributed by atoms with Gasteiger partial charge in [0.2, 0.25) is 5.91 Å². The van der Waals surface area contributed by atoms with Crippen LogP contribution in [0, 0.1) is 0 Å². The summed E-state index contributed by atoms with van der Waals surface area (Å²) in [4.78, 5) is 25.5. The zero-order chi connectivity index (χ0) is 22.8. The molecule has 33 heavy (non-hydrogen) atoms. The Morgan fingerprint density at radius 1 is 1.06 bits per heavy atom. The summed E-state index contributed by atoms with van der Waals surface area (Å²) in [5.74, 6) is 1.67. The highest BCUT2D eigenvalue weighted by Gasteiger charge is 2.14. The van der Waals surface area contributed by atoms with Gasteiger partial charge in [0.15, 0.2) is 11.5 Å². The molecule has 1 aliphatic heterocycles. The molecule has 1 N–H and O–H groups in total. The lowest BCUT2D eigenvalue weighted by molar-refractivity contribution is -0.116. The molecule has 9 nitrogen and oxygen atoms in total. The standard InChI is InChI=1S/C24H22N4O5/c1-2-31-18-6-3-16(4-7-18)19-14-20-24(30)27(9-10-28(20)26-19)15-23(29)25-17-5-8-21-22(13-17)33-12-11-32-21/h3-10,13-14H,2,11-12,15H2,1H3,(H,25,29). The normalized spacial score (nSPS) is 12.5. The molecular formula is C24H22N4O5. The molecule has 5 rings (SSSR count). The van der Waals surface area contributed by atoms with E-state index in [1.54, 1.807) is 36.7 Å². The van der Waals surface area contributed by atoms with Gasteiger partial charge in [-0.2, -0.15) is 5.10 Å². The lowest BCUT2D eigenvalue weighted by Gasteiger charge is -2.19. The SMILES string of the molecule is CCOc1ccc(-c2cc3c(=O)n(CC(=O)Nc4ccc5c(c4)OCCO5)ccn3n2)cc1. The molecule has 0 aliphatic carbocycles. The fraction of sp³-hybridized carbons (Fsp3) is 0.208. The van der Waals surface area contributed by atoms with Crippen molar-refractivity contribution in [2.45, 2.75) is 13.5 Å². The van der Waals surface area contributed by atoms with Gasteiger partial charge in [0, 0.05) is 29.7 Å². The van der Waals surface area contributed by atoms with Gasteiger partial charge in [-0.1, -0.05) is 0 Å². The van der Waals surface area contributed by atoms with Crippen LogP contribution >= 0.6 is 0 Å². The molecule has 0 spiro atoms. The molecule has 4 aromatic rings. The van der Waals surface area contributed by atoms with Crippen molar-refractivity contribution in [2.24, 2.45) is 0 Å². The van der Waals surface area contributed by atoms with Crippen molar-refractivity contribution in [3.63, 3.8) is 0 Å². The Labute approximate surface area is 189 Å². The molecule has 0 saturated heterocycles. The van der Waals surface area contributed by atoms with Gasteiger partial charge in [-0.3, -0.25) is 9.59 Å². The Balaban J connectivity index is 1.34. The minimum atomic E-state index is -0.329. The second-order valence-electron chi connectivity index (χ2n) is 7.45. The third-order valence-electron chi connectivity index (χ3n) is 5.20. The molecule has 0 atom stereocenters. The number of carbonyl (C=O) groups is 1. The highest BCUT2D eigenvalue weighted by molar-refractivity contribution is 5.91. The van der Waals surface area contributed by atoms with Crippen LogP contribution in [-0.2, 0) is 11.3 Å². The van der Waals surface area contributed by atoms with Crippen molar-refractivity contribution < 1.29 is 19.0 Å². The Bertz CT molecular complexity index is 1370. The van der Waals surface area contributed by atoms with Crippen LogP contribution in [0.2, 0.25) is 0 Å². The number of benzene rings is 2. The zero-order valence-electron chi connectivity index (χ0n) is 18.0. The second kappa shape index (κ2) is 8.70. The summed E-state index contributed by atoms with van der Waals surface area (Å²) in [5.41, 5.74) is 2.17. The van der Waals surface area contributed by atoms with E-state index in [4.69, 9.17) is 14.2 Å². The summed E-state index contributed by atoms with van der Waals surface area (Å²) in [7, 11) is 0. The quantitative estimate of drug-likeness (QED) is 0.489. The minimum absolute atomic E-state index is 0.132. The summed E-state index contributed by atoms with van der Waals surface area (Å²) < 4.78 is 19.4. The van der Waals surface area contributed by atoms with Crippen molar-refractivity contribution in [2.75, 3.05) is 25.1 Å². The predicted octanol–water partition coefficient (Wildman–Crippen LogP) is 2.97. The monoisotopic (exact) mass is 446 g/mol. The van der Waals surface area contributed by atoms with E-state index >= 15 is 0 Å². The van der Waals surface area contributed by atoms with Crippen molar-refractivity contribution in [3.05, 3.63) is 71.3 Å². The number of rotatable bonds is 6. The maximum absolute atomic E-state index is 13.0. The topological polar surface area (TPSA) is 96.1 Å². The number of aromatic nitrogens is 3.